The quantitative estimate of drug-likeness (QED) is 0.516. The molecule has 30 heavy (non-hydrogen) atoms. The maximum absolute atomic E-state index is 8.40. The molecule has 0 radical (unpaired) electrons. The van der Waals surface area contributed by atoms with Crippen LogP contribution < -0.4 is 5.32 Å². The van der Waals surface area contributed by atoms with E-state index in [1.165, 1.54) is 6.07 Å². The lowest BCUT2D eigenvalue weighted by atomic mass is 10.0. The Hall–Kier alpha value is -4.05. The number of hydrogen-bond acceptors (Lipinski definition) is 4. The van der Waals surface area contributed by atoms with E-state index in [2.05, 4.69) is 15.3 Å². The normalized spacial score (nSPS) is 17.5. The molecule has 1 aromatic heterocycles. The number of rotatable bonds is 4. The fourth-order valence-electron chi connectivity index (χ4n) is 3.28. The molecule has 0 bridgehead atoms. The molecule has 4 nitrogen and oxygen atoms in total. The summed E-state index contributed by atoms with van der Waals surface area (Å²) in [5.41, 5.74) is 3.72. The van der Waals surface area contributed by atoms with E-state index in [4.69, 9.17) is 10.5 Å². The van der Waals surface area contributed by atoms with Crippen LogP contribution in [-0.2, 0) is 0 Å². The topological polar surface area (TPSA) is 49.6 Å². The summed E-state index contributed by atoms with van der Waals surface area (Å²) in [5.74, 6) is 0.786. The molecule has 2 heterocycles. The third kappa shape index (κ3) is 3.76. The zero-order chi connectivity index (χ0) is 23.7. The molecule has 0 fully saturated rings. The van der Waals surface area contributed by atoms with Crippen molar-refractivity contribution in [1.82, 2.24) is 10.3 Å². The van der Waals surface area contributed by atoms with Crippen molar-refractivity contribution in [3.8, 4) is 11.1 Å². The van der Waals surface area contributed by atoms with E-state index in [0.29, 0.717) is 5.84 Å². The number of hydrogen-bond donors (Lipinski definition) is 1. The predicted octanol–water partition coefficient (Wildman–Crippen LogP) is 5.24. The minimum absolute atomic E-state index is 0.120. The fraction of sp³-hybridized carbons (Fsp3) is 0.0385. The molecule has 0 aliphatic carbocycles. The van der Waals surface area contributed by atoms with Gasteiger partial charge < -0.3 is 5.32 Å². The Kier molecular flexibility index (Phi) is 3.80. The largest absolute Gasteiger partial charge is 0.324 e. The van der Waals surface area contributed by atoms with Crippen LogP contribution in [0.2, 0.25) is 0 Å². The average molecular weight is 392 g/mol. The van der Waals surface area contributed by atoms with E-state index in [0.717, 1.165) is 22.3 Å². The highest BCUT2D eigenvalue weighted by Gasteiger charge is 2.20. The van der Waals surface area contributed by atoms with Gasteiger partial charge in [-0.2, -0.15) is 0 Å². The Morgan fingerprint density at radius 3 is 2.20 bits per heavy atom. The second kappa shape index (κ2) is 8.13. The summed E-state index contributed by atoms with van der Waals surface area (Å²) in [5, 5.41) is 3.18. The number of aromatic nitrogens is 1. The molecular weight excluding hydrogens is 368 g/mol. The lowest BCUT2D eigenvalue weighted by Crippen LogP contribution is -2.36. The van der Waals surface area contributed by atoms with Crippen molar-refractivity contribution in [3.63, 3.8) is 0 Å². The van der Waals surface area contributed by atoms with Gasteiger partial charge in [-0.25, -0.2) is 9.98 Å². The van der Waals surface area contributed by atoms with Crippen molar-refractivity contribution < 1.29 is 5.48 Å². The van der Waals surface area contributed by atoms with E-state index in [-0.39, 0.29) is 35.6 Å². The van der Waals surface area contributed by atoms with E-state index in [1.54, 1.807) is 12.4 Å². The summed E-state index contributed by atoms with van der Waals surface area (Å²) < 4.78 is 32.9. The maximum atomic E-state index is 8.40. The molecule has 0 spiro atoms. The monoisotopic (exact) mass is 392 g/mol. The third-order valence-electron chi connectivity index (χ3n) is 4.74. The second-order valence-electron chi connectivity index (χ2n) is 6.75. The highest BCUT2D eigenvalue weighted by Crippen LogP contribution is 2.25. The zero-order valence-electron chi connectivity index (χ0n) is 20.0. The van der Waals surface area contributed by atoms with Gasteiger partial charge in [-0.05, 0) is 23.3 Å². The van der Waals surface area contributed by atoms with Gasteiger partial charge in [-0.1, -0.05) is 84.8 Å². The molecule has 144 valence electrons. The summed E-state index contributed by atoms with van der Waals surface area (Å²) in [6.07, 6.45) is 2.92. The number of amidine groups is 2. The fourth-order valence-corrected chi connectivity index (χ4v) is 3.28. The van der Waals surface area contributed by atoms with Gasteiger partial charge >= 0.3 is 0 Å². The smallest absolute Gasteiger partial charge is 0.169 e. The van der Waals surface area contributed by atoms with Crippen molar-refractivity contribution >= 4 is 11.7 Å². The highest BCUT2D eigenvalue weighted by atomic mass is 15.2. The molecular formula is C26H20N4. The Labute approximate surface area is 181 Å². The number of benzene rings is 3. The Morgan fingerprint density at radius 1 is 0.700 bits per heavy atom. The molecule has 1 unspecified atom stereocenters. The lowest BCUT2D eigenvalue weighted by molar-refractivity contribution is 0.756. The van der Waals surface area contributed by atoms with Crippen LogP contribution in [0.15, 0.2) is 119 Å². The summed E-state index contributed by atoms with van der Waals surface area (Å²) in [6.45, 7) is 0. The standard InChI is InChI=1S/C26H20N4/c1-3-9-19(10-4-1)24-28-25(20-11-5-2-6-12-20)30-26(29-24)22-14-7-13-21(17-22)23-15-8-16-27-18-23/h1-18,24H,(H,28,29,30)/i5D,6D,11D,12D. The average Bonchev–Trinajstić information content (AvgIpc) is 2.89. The van der Waals surface area contributed by atoms with Gasteiger partial charge in [-0.15, -0.1) is 0 Å². The molecule has 1 N–H and O–H groups in total. The van der Waals surface area contributed by atoms with Crippen molar-refractivity contribution in [2.45, 2.75) is 6.17 Å². The summed E-state index contributed by atoms with van der Waals surface area (Å²) in [6, 6.07) is 21.9. The SMILES string of the molecule is [2H]c1cc([2H])c([2H])c(C2=NC(c3ccccc3)N=C(c3cccc(-c4cccnc4)c3)N2)c1[2H]. The summed E-state index contributed by atoms with van der Waals surface area (Å²) >= 11 is 0. The third-order valence-corrected chi connectivity index (χ3v) is 4.74. The van der Waals surface area contributed by atoms with Crippen LogP contribution in [-0.4, -0.2) is 16.7 Å². The predicted molar refractivity (Wildman–Crippen MR) is 122 cm³/mol. The number of aliphatic imine (C=N–C) groups is 2. The highest BCUT2D eigenvalue weighted by molar-refractivity contribution is 6.16. The van der Waals surface area contributed by atoms with E-state index < -0.39 is 6.17 Å². The molecule has 5 rings (SSSR count). The first-order valence-corrected chi connectivity index (χ1v) is 9.57. The number of nitrogens with zero attached hydrogens (tertiary/aromatic N) is 3. The van der Waals surface area contributed by atoms with Crippen molar-refractivity contribution in [2.24, 2.45) is 9.98 Å². The Bertz CT molecular complexity index is 1390. The molecule has 1 aliphatic heterocycles. The first-order valence-electron chi connectivity index (χ1n) is 11.6. The van der Waals surface area contributed by atoms with E-state index in [9.17, 15) is 0 Å². The molecule has 1 atom stereocenters. The van der Waals surface area contributed by atoms with Crippen LogP contribution >= 0.6 is 0 Å². The van der Waals surface area contributed by atoms with Crippen LogP contribution in [0, 0.1) is 0 Å². The second-order valence-corrected chi connectivity index (χ2v) is 6.75. The minimum atomic E-state index is -0.600. The van der Waals surface area contributed by atoms with E-state index >= 15 is 0 Å². The molecule has 0 amide bonds. The summed E-state index contributed by atoms with van der Waals surface area (Å²) in [7, 11) is 0. The molecule has 3 aromatic carbocycles. The molecule has 1 aliphatic rings. The van der Waals surface area contributed by atoms with Gasteiger partial charge in [0.15, 0.2) is 6.17 Å². The van der Waals surface area contributed by atoms with Crippen molar-refractivity contribution in [3.05, 3.63) is 126 Å². The lowest BCUT2D eigenvalue weighted by Gasteiger charge is -2.22. The zero-order valence-corrected chi connectivity index (χ0v) is 16.0. The number of nitrogens with one attached hydrogen (secondary N) is 1. The molecule has 0 saturated heterocycles. The summed E-state index contributed by atoms with van der Waals surface area (Å²) in [4.78, 5) is 13.7. The van der Waals surface area contributed by atoms with Crippen molar-refractivity contribution in [2.75, 3.05) is 0 Å². The van der Waals surface area contributed by atoms with E-state index in [1.807, 2.05) is 66.7 Å². The van der Waals surface area contributed by atoms with Gasteiger partial charge in [-0.3, -0.25) is 4.98 Å². The molecule has 4 aromatic rings. The molecule has 0 saturated carbocycles. The van der Waals surface area contributed by atoms with Gasteiger partial charge in [0.05, 0.1) is 5.48 Å². The van der Waals surface area contributed by atoms with Crippen LogP contribution in [0.5, 0.6) is 0 Å². The van der Waals surface area contributed by atoms with Gasteiger partial charge in [0, 0.05) is 29.1 Å². The molecule has 4 heteroatoms. The van der Waals surface area contributed by atoms with Crippen LogP contribution in [0.3, 0.4) is 0 Å². The van der Waals surface area contributed by atoms with Crippen LogP contribution in [0.25, 0.3) is 11.1 Å². The van der Waals surface area contributed by atoms with Crippen LogP contribution in [0.1, 0.15) is 28.3 Å². The van der Waals surface area contributed by atoms with Gasteiger partial charge in [0.1, 0.15) is 11.7 Å². The Morgan fingerprint density at radius 2 is 1.43 bits per heavy atom. The maximum Gasteiger partial charge on any atom is 0.169 e. The Balaban J connectivity index is 1.63. The number of pyridine rings is 1. The minimum Gasteiger partial charge on any atom is -0.324 e. The van der Waals surface area contributed by atoms with Gasteiger partial charge in [0.2, 0.25) is 0 Å². The van der Waals surface area contributed by atoms with Gasteiger partial charge in [0.25, 0.3) is 0 Å². The van der Waals surface area contributed by atoms with Crippen LogP contribution in [0.4, 0.5) is 0 Å². The van der Waals surface area contributed by atoms with Crippen molar-refractivity contribution in [1.29, 1.82) is 0 Å². The first kappa shape index (κ1) is 14.0. The first-order chi connectivity index (χ1) is 16.5.